The summed E-state index contributed by atoms with van der Waals surface area (Å²) in [5, 5.41) is 8.86. The van der Waals surface area contributed by atoms with Crippen LogP contribution in [0, 0.1) is 17.8 Å². The van der Waals surface area contributed by atoms with Crippen molar-refractivity contribution >= 4 is 11.9 Å². The highest BCUT2D eigenvalue weighted by Crippen LogP contribution is 2.37. The van der Waals surface area contributed by atoms with Crippen molar-refractivity contribution in [2.75, 3.05) is 0 Å². The van der Waals surface area contributed by atoms with E-state index >= 15 is 0 Å². The largest absolute Gasteiger partial charge is 0.481 e. The van der Waals surface area contributed by atoms with E-state index in [9.17, 15) is 9.59 Å². The average Bonchev–Trinajstić information content (AvgIpc) is 2.53. The average molecular weight is 310 g/mol. The van der Waals surface area contributed by atoms with Crippen LogP contribution in [0.3, 0.4) is 0 Å². The fourth-order valence-corrected chi connectivity index (χ4v) is 4.10. The lowest BCUT2D eigenvalue weighted by Crippen LogP contribution is -2.38. The standard InChI is InChI=1S/C18H30O4/c1-13(12-16(19)20)18(21)22-17(14-8-4-2-5-9-14)15-10-6-3-7-11-15/h13-15,17H,2-12H2,1H3,(H,19,20). The summed E-state index contributed by atoms with van der Waals surface area (Å²) < 4.78 is 5.89. The van der Waals surface area contributed by atoms with Crippen molar-refractivity contribution in [3.05, 3.63) is 0 Å². The Hall–Kier alpha value is -1.06. The van der Waals surface area contributed by atoms with Gasteiger partial charge in [-0.05, 0) is 37.5 Å². The van der Waals surface area contributed by atoms with Gasteiger partial charge in [0.05, 0.1) is 12.3 Å². The van der Waals surface area contributed by atoms with Crippen LogP contribution in [0.15, 0.2) is 0 Å². The molecule has 0 spiro atoms. The molecular weight excluding hydrogens is 280 g/mol. The summed E-state index contributed by atoms with van der Waals surface area (Å²) in [7, 11) is 0. The molecule has 2 saturated carbocycles. The summed E-state index contributed by atoms with van der Waals surface area (Å²) in [6, 6.07) is 0. The van der Waals surface area contributed by atoms with Gasteiger partial charge < -0.3 is 9.84 Å². The van der Waals surface area contributed by atoms with Crippen LogP contribution in [0.5, 0.6) is 0 Å². The Bertz CT molecular complexity index is 349. The van der Waals surface area contributed by atoms with Gasteiger partial charge in [-0.3, -0.25) is 9.59 Å². The minimum atomic E-state index is -0.934. The van der Waals surface area contributed by atoms with Crippen LogP contribution < -0.4 is 0 Å². The molecule has 4 nitrogen and oxygen atoms in total. The monoisotopic (exact) mass is 310 g/mol. The topological polar surface area (TPSA) is 63.6 Å². The van der Waals surface area contributed by atoms with E-state index < -0.39 is 11.9 Å². The Labute approximate surface area is 133 Å². The number of hydrogen-bond acceptors (Lipinski definition) is 3. The van der Waals surface area contributed by atoms with Crippen molar-refractivity contribution in [1.82, 2.24) is 0 Å². The van der Waals surface area contributed by atoms with Crippen molar-refractivity contribution in [1.29, 1.82) is 0 Å². The third kappa shape index (κ3) is 4.99. The fraction of sp³-hybridized carbons (Fsp3) is 0.889. The SMILES string of the molecule is CC(CC(=O)O)C(=O)OC(C1CCCCC1)C1CCCCC1. The minimum Gasteiger partial charge on any atom is -0.481 e. The Balaban J connectivity index is 1.99. The Morgan fingerprint density at radius 1 is 0.955 bits per heavy atom. The molecule has 0 heterocycles. The van der Waals surface area contributed by atoms with E-state index in [1.165, 1.54) is 38.5 Å². The zero-order chi connectivity index (χ0) is 15.9. The van der Waals surface area contributed by atoms with Crippen LogP contribution >= 0.6 is 0 Å². The molecule has 0 radical (unpaired) electrons. The van der Waals surface area contributed by atoms with E-state index in [1.54, 1.807) is 6.92 Å². The molecule has 22 heavy (non-hydrogen) atoms. The second kappa shape index (κ2) is 8.54. The Morgan fingerprint density at radius 2 is 1.41 bits per heavy atom. The molecule has 0 bridgehead atoms. The van der Waals surface area contributed by atoms with Gasteiger partial charge in [-0.15, -0.1) is 0 Å². The molecule has 1 unspecified atom stereocenters. The maximum Gasteiger partial charge on any atom is 0.309 e. The summed E-state index contributed by atoms with van der Waals surface area (Å²) in [5.74, 6) is -0.831. The number of rotatable bonds is 6. The Morgan fingerprint density at radius 3 is 1.82 bits per heavy atom. The highest BCUT2D eigenvalue weighted by atomic mass is 16.5. The molecule has 2 fully saturated rings. The first-order valence-electron chi connectivity index (χ1n) is 9.00. The lowest BCUT2D eigenvalue weighted by Gasteiger charge is -2.37. The van der Waals surface area contributed by atoms with Crippen molar-refractivity contribution in [3.63, 3.8) is 0 Å². The number of hydrogen-bond donors (Lipinski definition) is 1. The molecule has 0 aliphatic heterocycles. The van der Waals surface area contributed by atoms with E-state index in [4.69, 9.17) is 9.84 Å². The second-order valence-corrected chi connectivity index (χ2v) is 7.20. The fourth-order valence-electron chi connectivity index (χ4n) is 4.10. The normalized spacial score (nSPS) is 22.5. The quantitative estimate of drug-likeness (QED) is 0.748. The second-order valence-electron chi connectivity index (χ2n) is 7.20. The van der Waals surface area contributed by atoms with Crippen molar-refractivity contribution < 1.29 is 19.4 Å². The summed E-state index contributed by atoms with van der Waals surface area (Å²) in [5.41, 5.74) is 0. The highest BCUT2D eigenvalue weighted by Gasteiger charge is 2.35. The van der Waals surface area contributed by atoms with Gasteiger partial charge in [0, 0.05) is 0 Å². The van der Waals surface area contributed by atoms with Crippen LogP contribution in [0.25, 0.3) is 0 Å². The molecule has 126 valence electrons. The summed E-state index contributed by atoms with van der Waals surface area (Å²) in [6.07, 6.45) is 12.0. The first kappa shape index (κ1) is 17.3. The maximum absolute atomic E-state index is 12.3. The third-order valence-electron chi connectivity index (χ3n) is 5.36. The van der Waals surface area contributed by atoms with E-state index in [1.807, 2.05) is 0 Å². The summed E-state index contributed by atoms with van der Waals surface area (Å²) in [4.78, 5) is 23.1. The van der Waals surface area contributed by atoms with E-state index in [0.29, 0.717) is 11.8 Å². The number of carbonyl (C=O) groups is 2. The number of carboxylic acids is 1. The predicted molar refractivity (Wildman–Crippen MR) is 84.4 cm³/mol. The number of aliphatic carboxylic acids is 1. The maximum atomic E-state index is 12.3. The molecule has 0 aromatic rings. The number of ether oxygens (including phenoxy) is 1. The van der Waals surface area contributed by atoms with Crippen LogP contribution in [0.1, 0.15) is 77.6 Å². The van der Waals surface area contributed by atoms with E-state index in [-0.39, 0.29) is 18.5 Å². The van der Waals surface area contributed by atoms with Crippen LogP contribution in [0.4, 0.5) is 0 Å². The van der Waals surface area contributed by atoms with Crippen LogP contribution in [-0.2, 0) is 14.3 Å². The van der Waals surface area contributed by atoms with Gasteiger partial charge in [0.15, 0.2) is 0 Å². The van der Waals surface area contributed by atoms with Crippen LogP contribution in [-0.4, -0.2) is 23.1 Å². The zero-order valence-corrected chi connectivity index (χ0v) is 13.8. The van der Waals surface area contributed by atoms with Gasteiger partial charge in [0.2, 0.25) is 0 Å². The first-order valence-corrected chi connectivity index (χ1v) is 9.00. The molecular formula is C18H30O4. The summed E-state index contributed by atoms with van der Waals surface area (Å²) in [6.45, 7) is 1.66. The zero-order valence-electron chi connectivity index (χ0n) is 13.8. The smallest absolute Gasteiger partial charge is 0.309 e. The molecule has 0 amide bonds. The lowest BCUT2D eigenvalue weighted by atomic mass is 9.75. The number of carbonyl (C=O) groups excluding carboxylic acids is 1. The predicted octanol–water partition coefficient (Wildman–Crippen LogP) is 4.17. The summed E-state index contributed by atoms with van der Waals surface area (Å²) >= 11 is 0. The van der Waals surface area contributed by atoms with Gasteiger partial charge in [0.1, 0.15) is 6.10 Å². The first-order chi connectivity index (χ1) is 10.6. The van der Waals surface area contributed by atoms with Gasteiger partial charge >= 0.3 is 11.9 Å². The van der Waals surface area contributed by atoms with Crippen molar-refractivity contribution in [2.24, 2.45) is 17.8 Å². The third-order valence-corrected chi connectivity index (χ3v) is 5.36. The molecule has 0 aromatic carbocycles. The van der Waals surface area contributed by atoms with Gasteiger partial charge in [-0.1, -0.05) is 45.4 Å². The highest BCUT2D eigenvalue weighted by molar-refractivity contribution is 5.78. The number of carboxylic acid groups (broad SMARTS) is 1. The van der Waals surface area contributed by atoms with Crippen molar-refractivity contribution in [3.8, 4) is 0 Å². The van der Waals surface area contributed by atoms with Crippen LogP contribution in [0.2, 0.25) is 0 Å². The van der Waals surface area contributed by atoms with Gasteiger partial charge in [-0.2, -0.15) is 0 Å². The molecule has 4 heteroatoms. The van der Waals surface area contributed by atoms with Gasteiger partial charge in [0.25, 0.3) is 0 Å². The molecule has 0 saturated heterocycles. The minimum absolute atomic E-state index is 0.0179. The lowest BCUT2D eigenvalue weighted by molar-refractivity contribution is -0.164. The van der Waals surface area contributed by atoms with E-state index in [2.05, 4.69) is 0 Å². The van der Waals surface area contributed by atoms with E-state index in [0.717, 1.165) is 25.7 Å². The van der Waals surface area contributed by atoms with Crippen molar-refractivity contribution in [2.45, 2.75) is 83.7 Å². The molecule has 2 rings (SSSR count). The molecule has 0 aromatic heterocycles. The Kier molecular flexibility index (Phi) is 6.71. The molecule has 1 N–H and O–H groups in total. The molecule has 1 atom stereocenters. The molecule has 2 aliphatic carbocycles. The molecule has 2 aliphatic rings. The number of esters is 1. The van der Waals surface area contributed by atoms with Gasteiger partial charge in [-0.25, -0.2) is 0 Å².